The zero-order valence-electron chi connectivity index (χ0n) is 11.0. The van der Waals surface area contributed by atoms with Gasteiger partial charge in [0, 0.05) is 13.1 Å². The summed E-state index contributed by atoms with van der Waals surface area (Å²) in [6, 6.07) is 0. The second kappa shape index (κ2) is 6.36. The molecule has 0 saturated heterocycles. The van der Waals surface area contributed by atoms with E-state index in [9.17, 15) is 9.90 Å². The summed E-state index contributed by atoms with van der Waals surface area (Å²) in [6.07, 6.45) is 4.88. The Morgan fingerprint density at radius 2 is 1.94 bits per heavy atom. The molecule has 4 nitrogen and oxygen atoms in total. The van der Waals surface area contributed by atoms with Crippen LogP contribution in [0.15, 0.2) is 0 Å². The first kappa shape index (κ1) is 14.5. The second-order valence-corrected chi connectivity index (χ2v) is 5.59. The molecule has 0 aliphatic heterocycles. The van der Waals surface area contributed by atoms with Gasteiger partial charge in [0.1, 0.15) is 0 Å². The van der Waals surface area contributed by atoms with Gasteiger partial charge in [-0.25, -0.2) is 0 Å². The van der Waals surface area contributed by atoms with E-state index in [1.54, 1.807) is 0 Å². The highest BCUT2D eigenvalue weighted by Gasteiger charge is 2.30. The number of hydrogen-bond donors (Lipinski definition) is 3. The quantitative estimate of drug-likeness (QED) is 0.674. The Balaban J connectivity index is 2.41. The highest BCUT2D eigenvalue weighted by Crippen LogP contribution is 2.27. The summed E-state index contributed by atoms with van der Waals surface area (Å²) in [5.41, 5.74) is 4.90. The Morgan fingerprint density at radius 1 is 1.35 bits per heavy atom. The second-order valence-electron chi connectivity index (χ2n) is 5.59. The van der Waals surface area contributed by atoms with Gasteiger partial charge in [-0.1, -0.05) is 33.1 Å². The van der Waals surface area contributed by atoms with Crippen LogP contribution in [0.2, 0.25) is 0 Å². The first-order valence-corrected chi connectivity index (χ1v) is 6.69. The summed E-state index contributed by atoms with van der Waals surface area (Å²) >= 11 is 0. The van der Waals surface area contributed by atoms with Gasteiger partial charge in [-0.3, -0.25) is 4.79 Å². The Hall–Kier alpha value is -0.610. The largest absolute Gasteiger partial charge is 0.388 e. The van der Waals surface area contributed by atoms with Crippen LogP contribution in [0.4, 0.5) is 0 Å². The Morgan fingerprint density at radius 3 is 2.41 bits per heavy atom. The molecule has 1 aliphatic carbocycles. The highest BCUT2D eigenvalue weighted by atomic mass is 16.3. The first-order valence-electron chi connectivity index (χ1n) is 6.69. The molecule has 1 amide bonds. The topological polar surface area (TPSA) is 75.4 Å². The fraction of sp³-hybridized carbons (Fsp3) is 0.923. The van der Waals surface area contributed by atoms with E-state index in [1.165, 1.54) is 6.42 Å². The molecular formula is C13H26N2O2. The van der Waals surface area contributed by atoms with Gasteiger partial charge in [-0.15, -0.1) is 0 Å². The van der Waals surface area contributed by atoms with E-state index in [0.29, 0.717) is 13.1 Å². The number of hydrogen-bond acceptors (Lipinski definition) is 3. The Kier molecular flexibility index (Phi) is 5.40. The smallest absolute Gasteiger partial charge is 0.224 e. The lowest BCUT2D eigenvalue weighted by Crippen LogP contribution is -2.47. The molecule has 1 unspecified atom stereocenters. The van der Waals surface area contributed by atoms with E-state index < -0.39 is 5.60 Å². The first-order chi connectivity index (χ1) is 7.98. The summed E-state index contributed by atoms with van der Waals surface area (Å²) in [5.74, 6) is 0.0599. The van der Waals surface area contributed by atoms with Crippen LogP contribution in [0.3, 0.4) is 0 Å². The molecule has 0 spiro atoms. The molecular weight excluding hydrogens is 216 g/mol. The Bertz CT molecular complexity index is 248. The number of carbonyl (C=O) groups excluding carboxylic acids is 1. The molecule has 0 radical (unpaired) electrons. The summed E-state index contributed by atoms with van der Waals surface area (Å²) in [7, 11) is 0. The third-order valence-corrected chi connectivity index (χ3v) is 3.77. The third-order valence-electron chi connectivity index (χ3n) is 3.77. The molecule has 0 bridgehead atoms. The van der Waals surface area contributed by atoms with Crippen molar-refractivity contribution in [2.24, 2.45) is 17.6 Å². The molecule has 1 aliphatic rings. The van der Waals surface area contributed by atoms with Crippen molar-refractivity contribution in [1.82, 2.24) is 5.32 Å². The molecule has 1 atom stereocenters. The van der Waals surface area contributed by atoms with Gasteiger partial charge in [0.25, 0.3) is 0 Å². The van der Waals surface area contributed by atoms with E-state index in [1.807, 2.05) is 13.8 Å². The number of nitrogens with one attached hydrogen (secondary N) is 1. The van der Waals surface area contributed by atoms with E-state index >= 15 is 0 Å². The molecule has 0 aromatic rings. The van der Waals surface area contributed by atoms with E-state index in [0.717, 1.165) is 25.7 Å². The zero-order valence-corrected chi connectivity index (χ0v) is 11.0. The highest BCUT2D eigenvalue weighted by molar-refractivity contribution is 5.79. The summed E-state index contributed by atoms with van der Waals surface area (Å²) in [6.45, 7) is 4.72. The number of amides is 1. The number of aliphatic hydroxyl groups is 1. The predicted molar refractivity (Wildman–Crippen MR) is 68.4 cm³/mol. The van der Waals surface area contributed by atoms with Crippen molar-refractivity contribution >= 4 is 5.91 Å². The maximum absolute atomic E-state index is 11.9. The maximum Gasteiger partial charge on any atom is 0.224 e. The molecule has 4 heteroatoms. The lowest BCUT2D eigenvalue weighted by Gasteiger charge is -2.32. The van der Waals surface area contributed by atoms with E-state index in [2.05, 4.69) is 5.32 Å². The number of nitrogens with two attached hydrogens (primary N) is 1. The fourth-order valence-corrected chi connectivity index (χ4v) is 2.45. The molecule has 0 aromatic heterocycles. The molecule has 0 aromatic carbocycles. The van der Waals surface area contributed by atoms with Crippen LogP contribution in [-0.2, 0) is 4.79 Å². The van der Waals surface area contributed by atoms with Gasteiger partial charge in [-0.2, -0.15) is 0 Å². The van der Waals surface area contributed by atoms with Gasteiger partial charge in [-0.05, 0) is 18.8 Å². The van der Waals surface area contributed by atoms with Gasteiger partial charge in [0.2, 0.25) is 5.91 Å². The Labute approximate surface area is 104 Å². The van der Waals surface area contributed by atoms with Crippen molar-refractivity contribution in [3.8, 4) is 0 Å². The molecule has 100 valence electrons. The average Bonchev–Trinajstić information content (AvgIpc) is 2.28. The van der Waals surface area contributed by atoms with E-state index in [4.69, 9.17) is 5.73 Å². The SMILES string of the molecule is CC(C)C(CN)C(=O)NCC1(O)CCCCC1. The van der Waals surface area contributed by atoms with Crippen LogP contribution in [-0.4, -0.2) is 29.7 Å². The minimum absolute atomic E-state index is 0.0264. The average molecular weight is 242 g/mol. The monoisotopic (exact) mass is 242 g/mol. The normalized spacial score (nSPS) is 21.2. The van der Waals surface area contributed by atoms with Crippen molar-refractivity contribution in [1.29, 1.82) is 0 Å². The van der Waals surface area contributed by atoms with Gasteiger partial charge >= 0.3 is 0 Å². The van der Waals surface area contributed by atoms with Crippen LogP contribution in [0.5, 0.6) is 0 Å². The lowest BCUT2D eigenvalue weighted by atomic mass is 9.84. The molecule has 4 N–H and O–H groups in total. The van der Waals surface area contributed by atoms with E-state index in [-0.39, 0.29) is 17.7 Å². The molecule has 1 fully saturated rings. The lowest BCUT2D eigenvalue weighted by molar-refractivity contribution is -0.127. The minimum Gasteiger partial charge on any atom is -0.388 e. The predicted octanol–water partition coefficient (Wildman–Crippen LogP) is 1.03. The van der Waals surface area contributed by atoms with Crippen LogP contribution < -0.4 is 11.1 Å². The van der Waals surface area contributed by atoms with Crippen molar-refractivity contribution in [2.75, 3.05) is 13.1 Å². The molecule has 1 saturated carbocycles. The standard InChI is InChI=1S/C13H26N2O2/c1-10(2)11(8-14)12(16)15-9-13(17)6-4-3-5-7-13/h10-11,17H,3-9,14H2,1-2H3,(H,15,16). The summed E-state index contributed by atoms with van der Waals surface area (Å²) in [4.78, 5) is 11.9. The third kappa shape index (κ3) is 4.28. The number of rotatable bonds is 5. The van der Waals surface area contributed by atoms with Crippen LogP contribution in [0, 0.1) is 11.8 Å². The van der Waals surface area contributed by atoms with Crippen LogP contribution in [0.25, 0.3) is 0 Å². The van der Waals surface area contributed by atoms with Crippen LogP contribution in [0.1, 0.15) is 46.0 Å². The van der Waals surface area contributed by atoms with Crippen LogP contribution >= 0.6 is 0 Å². The zero-order chi connectivity index (χ0) is 12.9. The fourth-order valence-electron chi connectivity index (χ4n) is 2.45. The van der Waals surface area contributed by atoms with Crippen molar-refractivity contribution in [3.05, 3.63) is 0 Å². The van der Waals surface area contributed by atoms with Gasteiger partial charge < -0.3 is 16.2 Å². The summed E-state index contributed by atoms with van der Waals surface area (Å²) < 4.78 is 0. The van der Waals surface area contributed by atoms with Crippen molar-refractivity contribution in [2.45, 2.75) is 51.6 Å². The maximum atomic E-state index is 11.9. The van der Waals surface area contributed by atoms with Crippen molar-refractivity contribution < 1.29 is 9.90 Å². The summed E-state index contributed by atoms with van der Waals surface area (Å²) in [5, 5.41) is 13.1. The van der Waals surface area contributed by atoms with Crippen molar-refractivity contribution in [3.63, 3.8) is 0 Å². The molecule has 0 heterocycles. The number of carbonyl (C=O) groups is 1. The minimum atomic E-state index is -0.690. The molecule has 17 heavy (non-hydrogen) atoms. The van der Waals surface area contributed by atoms with Gasteiger partial charge in [0.15, 0.2) is 0 Å². The molecule has 1 rings (SSSR count). The van der Waals surface area contributed by atoms with Gasteiger partial charge in [0.05, 0.1) is 11.5 Å².